The largest absolute Gasteiger partial charge is 0.495 e. The molecule has 2 aromatic rings. The van der Waals surface area contributed by atoms with Crippen LogP contribution in [0.5, 0.6) is 5.75 Å². The van der Waals surface area contributed by atoms with Crippen LogP contribution in [0.4, 0.5) is 5.69 Å². The highest BCUT2D eigenvalue weighted by Gasteiger charge is 2.20. The van der Waals surface area contributed by atoms with Gasteiger partial charge in [0.15, 0.2) is 0 Å². The number of amides is 1. The molecule has 0 unspecified atom stereocenters. The molecule has 0 atom stereocenters. The third kappa shape index (κ3) is 5.77. The van der Waals surface area contributed by atoms with Crippen LogP contribution in [0.15, 0.2) is 54.6 Å². The Hall–Kier alpha value is -2.54. The molecule has 7 heteroatoms. The number of nitrogens with zero attached hydrogens (tertiary/aromatic N) is 1. The molecule has 0 aliphatic heterocycles. The Kier molecular flexibility index (Phi) is 7.03. The number of carbonyl (C=O) groups excluding carboxylic acids is 1. The van der Waals surface area contributed by atoms with E-state index in [1.54, 1.807) is 24.3 Å². The zero-order chi connectivity index (χ0) is 19.0. The Morgan fingerprint density at radius 2 is 1.73 bits per heavy atom. The Balaban J connectivity index is 1.93. The summed E-state index contributed by atoms with van der Waals surface area (Å²) >= 11 is 0. The number of para-hydroxylation sites is 2. The smallest absolute Gasteiger partial charge is 0.232 e. The second-order valence-electron chi connectivity index (χ2n) is 5.87. The van der Waals surface area contributed by atoms with Crippen LogP contribution in [0.2, 0.25) is 0 Å². The van der Waals surface area contributed by atoms with Crippen molar-refractivity contribution < 1.29 is 17.9 Å². The van der Waals surface area contributed by atoms with Crippen molar-refractivity contribution in [2.45, 2.75) is 19.4 Å². The summed E-state index contributed by atoms with van der Waals surface area (Å²) in [6, 6.07) is 16.6. The molecule has 0 saturated carbocycles. The molecule has 0 fully saturated rings. The molecule has 1 N–H and O–H groups in total. The molecule has 0 aliphatic carbocycles. The Morgan fingerprint density at radius 3 is 2.38 bits per heavy atom. The number of nitrogens with one attached hydrogen (secondary N) is 1. The van der Waals surface area contributed by atoms with Gasteiger partial charge in [-0.25, -0.2) is 8.42 Å². The second kappa shape index (κ2) is 9.24. The lowest BCUT2D eigenvalue weighted by molar-refractivity contribution is -0.121. The molecule has 0 bridgehead atoms. The van der Waals surface area contributed by atoms with Crippen LogP contribution in [0.3, 0.4) is 0 Å². The predicted molar refractivity (Wildman–Crippen MR) is 103 cm³/mol. The van der Waals surface area contributed by atoms with E-state index in [-0.39, 0.29) is 18.9 Å². The van der Waals surface area contributed by atoms with E-state index in [1.165, 1.54) is 11.4 Å². The number of hydrogen-bond acceptors (Lipinski definition) is 4. The summed E-state index contributed by atoms with van der Waals surface area (Å²) < 4.78 is 30.8. The minimum Gasteiger partial charge on any atom is -0.495 e. The molecule has 140 valence electrons. The quantitative estimate of drug-likeness (QED) is 0.730. The number of methoxy groups -OCH3 is 1. The van der Waals surface area contributed by atoms with Crippen molar-refractivity contribution in [1.82, 2.24) is 5.32 Å². The predicted octanol–water partition coefficient (Wildman–Crippen LogP) is 2.56. The molecule has 0 aromatic heterocycles. The minimum absolute atomic E-state index is 0.109. The normalized spacial score (nSPS) is 11.0. The zero-order valence-corrected chi connectivity index (χ0v) is 15.8. The van der Waals surface area contributed by atoms with Gasteiger partial charge in [-0.2, -0.15) is 0 Å². The van der Waals surface area contributed by atoms with Crippen LogP contribution in [-0.2, 0) is 21.4 Å². The number of sulfonamides is 1. The van der Waals surface area contributed by atoms with Gasteiger partial charge in [-0.15, -0.1) is 0 Å². The van der Waals surface area contributed by atoms with Crippen LogP contribution in [0, 0.1) is 0 Å². The minimum atomic E-state index is -3.48. The van der Waals surface area contributed by atoms with Crippen molar-refractivity contribution >= 4 is 21.6 Å². The summed E-state index contributed by atoms with van der Waals surface area (Å²) in [4.78, 5) is 12.0. The monoisotopic (exact) mass is 376 g/mol. The van der Waals surface area contributed by atoms with Gasteiger partial charge in [-0.3, -0.25) is 9.10 Å². The summed E-state index contributed by atoms with van der Waals surface area (Å²) in [6.45, 7) is 0.667. The summed E-state index contributed by atoms with van der Waals surface area (Å²) in [5.74, 6) is 0.369. The zero-order valence-electron chi connectivity index (χ0n) is 15.0. The summed E-state index contributed by atoms with van der Waals surface area (Å²) in [7, 11) is -1.99. The highest BCUT2D eigenvalue weighted by Crippen LogP contribution is 2.29. The first kappa shape index (κ1) is 19.8. The lowest BCUT2D eigenvalue weighted by atomic mass is 10.2. The molecule has 2 aromatic carbocycles. The SMILES string of the molecule is COc1ccccc1N(CCCC(=O)NCc1ccccc1)S(C)(=O)=O. The fourth-order valence-electron chi connectivity index (χ4n) is 2.57. The van der Waals surface area contributed by atoms with E-state index in [9.17, 15) is 13.2 Å². The Labute approximate surface area is 154 Å². The molecule has 1 amide bonds. The third-order valence-electron chi connectivity index (χ3n) is 3.85. The standard InChI is InChI=1S/C19H24N2O4S/c1-25-18-12-7-6-11-17(18)21(26(2,23)24)14-8-13-19(22)20-15-16-9-4-3-5-10-16/h3-7,9-12H,8,13-15H2,1-2H3,(H,20,22). The molecular weight excluding hydrogens is 352 g/mol. The average Bonchev–Trinajstić information content (AvgIpc) is 2.63. The van der Waals surface area contributed by atoms with Crippen LogP contribution in [-0.4, -0.2) is 34.2 Å². The van der Waals surface area contributed by atoms with Gasteiger partial charge in [0.25, 0.3) is 0 Å². The fraction of sp³-hybridized carbons (Fsp3) is 0.316. The first-order chi connectivity index (χ1) is 12.4. The van der Waals surface area contributed by atoms with Gasteiger partial charge in [0.1, 0.15) is 5.75 Å². The van der Waals surface area contributed by atoms with Crippen LogP contribution >= 0.6 is 0 Å². The molecule has 26 heavy (non-hydrogen) atoms. The molecule has 0 radical (unpaired) electrons. The highest BCUT2D eigenvalue weighted by molar-refractivity contribution is 7.92. The molecule has 0 spiro atoms. The summed E-state index contributed by atoms with van der Waals surface area (Å²) in [6.07, 6.45) is 1.80. The Morgan fingerprint density at radius 1 is 1.08 bits per heavy atom. The third-order valence-corrected chi connectivity index (χ3v) is 5.03. The maximum absolute atomic E-state index is 12.2. The lowest BCUT2D eigenvalue weighted by Crippen LogP contribution is -2.32. The Bertz CT molecular complexity index is 822. The van der Waals surface area contributed by atoms with Crippen LogP contribution in [0.25, 0.3) is 0 Å². The van der Waals surface area contributed by atoms with Gasteiger partial charge < -0.3 is 10.1 Å². The summed E-state index contributed by atoms with van der Waals surface area (Å²) in [5.41, 5.74) is 1.50. The first-order valence-electron chi connectivity index (χ1n) is 8.33. The van der Waals surface area contributed by atoms with E-state index in [0.29, 0.717) is 24.4 Å². The van der Waals surface area contributed by atoms with E-state index in [2.05, 4.69) is 5.32 Å². The lowest BCUT2D eigenvalue weighted by Gasteiger charge is -2.24. The van der Waals surface area contributed by atoms with Gasteiger partial charge in [-0.05, 0) is 24.1 Å². The van der Waals surface area contributed by atoms with Gasteiger partial charge in [0.2, 0.25) is 15.9 Å². The summed E-state index contributed by atoms with van der Waals surface area (Å²) in [5, 5.41) is 2.84. The van der Waals surface area contributed by atoms with Crippen LogP contribution < -0.4 is 14.4 Å². The molecule has 0 heterocycles. The van der Waals surface area contributed by atoms with Gasteiger partial charge in [0.05, 0.1) is 19.1 Å². The number of anilines is 1. The van der Waals surface area contributed by atoms with E-state index >= 15 is 0 Å². The van der Waals surface area contributed by atoms with Crippen molar-refractivity contribution in [3.05, 3.63) is 60.2 Å². The first-order valence-corrected chi connectivity index (χ1v) is 10.2. The topological polar surface area (TPSA) is 75.7 Å². The van der Waals surface area contributed by atoms with Crippen molar-refractivity contribution in [3.8, 4) is 5.75 Å². The average molecular weight is 376 g/mol. The molecular formula is C19H24N2O4S. The van der Waals surface area contributed by atoms with Gasteiger partial charge in [0, 0.05) is 19.5 Å². The maximum Gasteiger partial charge on any atom is 0.232 e. The number of carbonyl (C=O) groups is 1. The number of benzene rings is 2. The van der Waals surface area contributed by atoms with E-state index in [1.807, 2.05) is 30.3 Å². The molecule has 2 rings (SSSR count). The maximum atomic E-state index is 12.2. The number of hydrogen-bond donors (Lipinski definition) is 1. The molecule has 6 nitrogen and oxygen atoms in total. The van der Waals surface area contributed by atoms with Gasteiger partial charge >= 0.3 is 0 Å². The van der Waals surface area contributed by atoms with Crippen molar-refractivity contribution in [3.63, 3.8) is 0 Å². The van der Waals surface area contributed by atoms with Crippen molar-refractivity contribution in [2.75, 3.05) is 24.2 Å². The van der Waals surface area contributed by atoms with E-state index in [0.717, 1.165) is 11.8 Å². The van der Waals surface area contributed by atoms with Crippen molar-refractivity contribution in [2.24, 2.45) is 0 Å². The second-order valence-corrected chi connectivity index (χ2v) is 7.78. The van der Waals surface area contributed by atoms with E-state index < -0.39 is 10.0 Å². The number of ether oxygens (including phenoxy) is 1. The molecule has 0 aliphatic rings. The van der Waals surface area contributed by atoms with Gasteiger partial charge in [-0.1, -0.05) is 42.5 Å². The van der Waals surface area contributed by atoms with Crippen molar-refractivity contribution in [1.29, 1.82) is 0 Å². The highest BCUT2D eigenvalue weighted by atomic mass is 32.2. The van der Waals surface area contributed by atoms with Crippen LogP contribution in [0.1, 0.15) is 18.4 Å². The molecule has 0 saturated heterocycles. The van der Waals surface area contributed by atoms with E-state index in [4.69, 9.17) is 4.74 Å². The number of rotatable bonds is 9. The fourth-order valence-corrected chi connectivity index (χ4v) is 3.54.